The molecule has 5 nitrogen and oxygen atoms in total. The highest BCUT2D eigenvalue weighted by Gasteiger charge is 2.13. The molecule has 5 heteroatoms. The summed E-state index contributed by atoms with van der Waals surface area (Å²) < 4.78 is 0. The molecular formula is C16H19N3O2. The number of rotatable bonds is 5. The molecule has 2 heterocycles. The zero-order valence-corrected chi connectivity index (χ0v) is 12.4. The maximum absolute atomic E-state index is 11.3. The first kappa shape index (κ1) is 15.0. The van der Waals surface area contributed by atoms with E-state index in [4.69, 9.17) is 0 Å². The van der Waals surface area contributed by atoms with Crippen molar-refractivity contribution in [3.05, 3.63) is 53.5 Å². The van der Waals surface area contributed by atoms with E-state index in [1.807, 2.05) is 37.9 Å². The molecule has 2 aromatic heterocycles. The molecule has 0 saturated carbocycles. The summed E-state index contributed by atoms with van der Waals surface area (Å²) in [6.07, 6.45) is 3.52. The van der Waals surface area contributed by atoms with Gasteiger partial charge >= 0.3 is 5.97 Å². The molecule has 0 saturated heterocycles. The Hall–Kier alpha value is -2.43. The van der Waals surface area contributed by atoms with Gasteiger partial charge in [0, 0.05) is 31.7 Å². The summed E-state index contributed by atoms with van der Waals surface area (Å²) in [5.41, 5.74) is 2.10. The van der Waals surface area contributed by atoms with Gasteiger partial charge in [-0.2, -0.15) is 0 Å². The van der Waals surface area contributed by atoms with Gasteiger partial charge in [-0.25, -0.2) is 9.78 Å². The normalized spacial score (nSPS) is 10.7. The molecule has 2 rings (SSSR count). The number of carbonyl (C=O) groups is 1. The Kier molecular flexibility index (Phi) is 4.52. The SMILES string of the molecule is CC(C)c1cc(C(=O)O)cc(N(C)Cc2cccnc2)n1. The second-order valence-electron chi connectivity index (χ2n) is 5.32. The van der Waals surface area contributed by atoms with Crippen molar-refractivity contribution in [3.8, 4) is 0 Å². The van der Waals surface area contributed by atoms with Gasteiger partial charge in [-0.05, 0) is 29.7 Å². The van der Waals surface area contributed by atoms with Crippen LogP contribution in [0.3, 0.4) is 0 Å². The molecule has 0 aliphatic heterocycles. The van der Waals surface area contributed by atoms with Crippen molar-refractivity contribution < 1.29 is 9.90 Å². The van der Waals surface area contributed by atoms with Gasteiger partial charge in [-0.3, -0.25) is 4.98 Å². The van der Waals surface area contributed by atoms with Crippen molar-refractivity contribution in [1.29, 1.82) is 0 Å². The molecule has 2 aromatic rings. The lowest BCUT2D eigenvalue weighted by atomic mass is 10.1. The van der Waals surface area contributed by atoms with Crippen molar-refractivity contribution in [2.75, 3.05) is 11.9 Å². The number of anilines is 1. The van der Waals surface area contributed by atoms with Crippen LogP contribution in [0.2, 0.25) is 0 Å². The van der Waals surface area contributed by atoms with Gasteiger partial charge in [0.1, 0.15) is 5.82 Å². The van der Waals surface area contributed by atoms with Gasteiger partial charge < -0.3 is 10.0 Å². The smallest absolute Gasteiger partial charge is 0.335 e. The number of carboxylic acids is 1. The number of aromatic nitrogens is 2. The third-order valence-corrected chi connectivity index (χ3v) is 3.20. The first-order valence-electron chi connectivity index (χ1n) is 6.82. The number of nitrogens with zero attached hydrogens (tertiary/aromatic N) is 3. The number of pyridine rings is 2. The van der Waals surface area contributed by atoms with Gasteiger partial charge in [0.2, 0.25) is 0 Å². The van der Waals surface area contributed by atoms with Crippen LogP contribution >= 0.6 is 0 Å². The molecule has 21 heavy (non-hydrogen) atoms. The van der Waals surface area contributed by atoms with E-state index in [1.165, 1.54) is 0 Å². The van der Waals surface area contributed by atoms with E-state index in [0.29, 0.717) is 12.4 Å². The first-order valence-corrected chi connectivity index (χ1v) is 6.82. The second kappa shape index (κ2) is 6.35. The van der Waals surface area contributed by atoms with Crippen LogP contribution in [-0.2, 0) is 6.54 Å². The summed E-state index contributed by atoms with van der Waals surface area (Å²) in [7, 11) is 1.89. The van der Waals surface area contributed by atoms with Crippen molar-refractivity contribution in [3.63, 3.8) is 0 Å². The molecule has 0 radical (unpaired) electrons. The van der Waals surface area contributed by atoms with E-state index in [1.54, 1.807) is 24.5 Å². The Morgan fingerprint density at radius 1 is 1.38 bits per heavy atom. The topological polar surface area (TPSA) is 66.3 Å². The lowest BCUT2D eigenvalue weighted by Crippen LogP contribution is -2.19. The van der Waals surface area contributed by atoms with Crippen LogP contribution in [0.1, 0.15) is 41.4 Å². The molecule has 0 aromatic carbocycles. The molecule has 0 atom stereocenters. The molecular weight excluding hydrogens is 266 g/mol. The van der Waals surface area contributed by atoms with Gasteiger partial charge in [-0.1, -0.05) is 19.9 Å². The predicted octanol–water partition coefficient (Wildman–Crippen LogP) is 2.93. The minimum Gasteiger partial charge on any atom is -0.478 e. The van der Waals surface area contributed by atoms with Crippen LogP contribution in [0, 0.1) is 0 Å². The van der Waals surface area contributed by atoms with E-state index in [-0.39, 0.29) is 11.5 Å². The fraction of sp³-hybridized carbons (Fsp3) is 0.312. The molecule has 0 spiro atoms. The van der Waals surface area contributed by atoms with Crippen LogP contribution in [-0.4, -0.2) is 28.1 Å². The van der Waals surface area contributed by atoms with E-state index in [2.05, 4.69) is 9.97 Å². The Morgan fingerprint density at radius 2 is 2.14 bits per heavy atom. The monoisotopic (exact) mass is 285 g/mol. The van der Waals surface area contributed by atoms with E-state index in [9.17, 15) is 9.90 Å². The summed E-state index contributed by atoms with van der Waals surface area (Å²) in [6.45, 7) is 4.62. The third kappa shape index (κ3) is 3.78. The largest absolute Gasteiger partial charge is 0.478 e. The zero-order chi connectivity index (χ0) is 15.4. The Balaban J connectivity index is 2.31. The molecule has 0 unspecified atom stereocenters. The van der Waals surface area contributed by atoms with Crippen LogP contribution in [0.15, 0.2) is 36.7 Å². The number of carboxylic acid groups (broad SMARTS) is 1. The fourth-order valence-electron chi connectivity index (χ4n) is 2.00. The average Bonchev–Trinajstić information content (AvgIpc) is 2.47. The molecule has 0 bridgehead atoms. The zero-order valence-electron chi connectivity index (χ0n) is 12.4. The molecule has 0 aliphatic carbocycles. The van der Waals surface area contributed by atoms with Crippen molar-refractivity contribution in [2.24, 2.45) is 0 Å². The van der Waals surface area contributed by atoms with Crippen molar-refractivity contribution in [2.45, 2.75) is 26.3 Å². The Bertz CT molecular complexity index is 627. The Labute approximate surface area is 124 Å². The van der Waals surface area contributed by atoms with Crippen molar-refractivity contribution in [1.82, 2.24) is 9.97 Å². The van der Waals surface area contributed by atoms with E-state index in [0.717, 1.165) is 11.3 Å². The number of hydrogen-bond acceptors (Lipinski definition) is 4. The summed E-state index contributed by atoms with van der Waals surface area (Å²) in [4.78, 5) is 21.8. The highest BCUT2D eigenvalue weighted by Crippen LogP contribution is 2.20. The maximum atomic E-state index is 11.3. The summed E-state index contributed by atoms with van der Waals surface area (Å²) in [6, 6.07) is 7.09. The molecule has 1 N–H and O–H groups in total. The molecule has 0 aliphatic rings. The second-order valence-corrected chi connectivity index (χ2v) is 5.32. The quantitative estimate of drug-likeness (QED) is 0.915. The lowest BCUT2D eigenvalue weighted by Gasteiger charge is -2.20. The van der Waals surface area contributed by atoms with Gasteiger partial charge in [-0.15, -0.1) is 0 Å². The summed E-state index contributed by atoms with van der Waals surface area (Å²) in [5.74, 6) is -0.104. The van der Waals surface area contributed by atoms with E-state index >= 15 is 0 Å². The summed E-state index contributed by atoms with van der Waals surface area (Å²) >= 11 is 0. The standard InChI is InChI=1S/C16H19N3O2/c1-11(2)14-7-13(16(20)21)8-15(18-14)19(3)10-12-5-4-6-17-9-12/h4-9,11H,10H2,1-3H3,(H,20,21). The van der Waals surface area contributed by atoms with Crippen LogP contribution in [0.5, 0.6) is 0 Å². The van der Waals surface area contributed by atoms with Gasteiger partial charge in [0.25, 0.3) is 0 Å². The minimum absolute atomic E-state index is 0.176. The van der Waals surface area contributed by atoms with E-state index < -0.39 is 5.97 Å². The van der Waals surface area contributed by atoms with Gasteiger partial charge in [0.05, 0.1) is 5.56 Å². The highest BCUT2D eigenvalue weighted by molar-refractivity contribution is 5.88. The predicted molar refractivity (Wildman–Crippen MR) is 81.6 cm³/mol. The highest BCUT2D eigenvalue weighted by atomic mass is 16.4. The molecule has 0 fully saturated rings. The average molecular weight is 285 g/mol. The van der Waals surface area contributed by atoms with Crippen LogP contribution < -0.4 is 4.90 Å². The lowest BCUT2D eigenvalue weighted by molar-refractivity contribution is 0.0696. The number of hydrogen-bond donors (Lipinski definition) is 1. The first-order chi connectivity index (χ1) is 9.97. The summed E-state index contributed by atoms with van der Waals surface area (Å²) in [5, 5.41) is 9.23. The van der Waals surface area contributed by atoms with Gasteiger partial charge in [0.15, 0.2) is 0 Å². The van der Waals surface area contributed by atoms with Crippen LogP contribution in [0.4, 0.5) is 5.82 Å². The maximum Gasteiger partial charge on any atom is 0.335 e. The molecule has 110 valence electrons. The fourth-order valence-corrected chi connectivity index (χ4v) is 2.00. The Morgan fingerprint density at radius 3 is 2.71 bits per heavy atom. The minimum atomic E-state index is -0.935. The molecule has 0 amide bonds. The third-order valence-electron chi connectivity index (χ3n) is 3.20. The van der Waals surface area contributed by atoms with Crippen molar-refractivity contribution >= 4 is 11.8 Å². The number of aromatic carboxylic acids is 1. The van der Waals surface area contributed by atoms with Crippen LogP contribution in [0.25, 0.3) is 0 Å².